The van der Waals surface area contributed by atoms with Gasteiger partial charge in [-0.05, 0) is 12.1 Å². The van der Waals surface area contributed by atoms with Crippen LogP contribution < -0.4 is 10.2 Å². The zero-order valence-corrected chi connectivity index (χ0v) is 12.2. The van der Waals surface area contributed by atoms with Crippen molar-refractivity contribution in [1.29, 1.82) is 0 Å². The number of piperazine rings is 2. The average molecular weight is 275 g/mol. The average Bonchev–Trinajstić information content (AvgIpc) is 2.55. The van der Waals surface area contributed by atoms with Gasteiger partial charge in [0.15, 0.2) is 0 Å². The van der Waals surface area contributed by atoms with Crippen molar-refractivity contribution in [2.24, 2.45) is 0 Å². The number of nitrogens with one attached hydrogen (secondary N) is 1. The largest absolute Gasteiger partial charge is 0.354 e. The predicted molar refractivity (Wildman–Crippen MR) is 82.2 cm³/mol. The van der Waals surface area contributed by atoms with Crippen molar-refractivity contribution in [3.63, 3.8) is 0 Å². The summed E-state index contributed by atoms with van der Waals surface area (Å²) in [5, 5.41) is 3.41. The van der Waals surface area contributed by atoms with Gasteiger partial charge in [-0.15, -0.1) is 0 Å². The molecule has 2 fully saturated rings. The Hall–Kier alpha value is -1.17. The van der Waals surface area contributed by atoms with Gasteiger partial charge >= 0.3 is 0 Å². The molecule has 0 aliphatic carbocycles. The van der Waals surface area contributed by atoms with E-state index < -0.39 is 0 Å². The highest BCUT2D eigenvalue weighted by molar-refractivity contribution is 5.38. The van der Waals surface area contributed by atoms with E-state index in [9.17, 15) is 0 Å². The third-order valence-electron chi connectivity index (χ3n) is 4.29. The molecule has 1 aromatic rings. The summed E-state index contributed by atoms with van der Waals surface area (Å²) in [5.74, 6) is 1.12. The number of aromatic nitrogens is 1. The molecule has 0 spiro atoms. The summed E-state index contributed by atoms with van der Waals surface area (Å²) in [5.41, 5.74) is 0. The van der Waals surface area contributed by atoms with Crippen LogP contribution in [0.4, 0.5) is 5.82 Å². The van der Waals surface area contributed by atoms with Gasteiger partial charge in [0.05, 0.1) is 0 Å². The molecular formula is C15H25N5. The van der Waals surface area contributed by atoms with E-state index in [-0.39, 0.29) is 0 Å². The van der Waals surface area contributed by atoms with E-state index in [1.54, 1.807) is 0 Å². The van der Waals surface area contributed by atoms with Crippen LogP contribution in [0.2, 0.25) is 0 Å². The summed E-state index contributed by atoms with van der Waals surface area (Å²) in [7, 11) is 0. The molecule has 0 radical (unpaired) electrons. The molecule has 0 unspecified atom stereocenters. The molecule has 20 heavy (non-hydrogen) atoms. The number of hydrogen-bond acceptors (Lipinski definition) is 5. The Bertz CT molecular complexity index is 383. The van der Waals surface area contributed by atoms with Crippen LogP contribution in [0.15, 0.2) is 24.4 Å². The summed E-state index contributed by atoms with van der Waals surface area (Å²) in [4.78, 5) is 12.0. The summed E-state index contributed by atoms with van der Waals surface area (Å²) in [6.07, 6.45) is 1.88. The van der Waals surface area contributed by atoms with Crippen molar-refractivity contribution in [1.82, 2.24) is 20.1 Å². The van der Waals surface area contributed by atoms with E-state index in [1.165, 1.54) is 26.2 Å². The first-order chi connectivity index (χ1) is 9.92. The van der Waals surface area contributed by atoms with Gasteiger partial charge in [0.25, 0.3) is 0 Å². The Morgan fingerprint density at radius 1 is 0.900 bits per heavy atom. The molecule has 2 saturated heterocycles. The molecule has 0 amide bonds. The lowest BCUT2D eigenvalue weighted by Crippen LogP contribution is -2.50. The molecule has 1 N–H and O–H groups in total. The maximum absolute atomic E-state index is 4.44. The number of rotatable bonds is 4. The molecular weight excluding hydrogens is 250 g/mol. The lowest BCUT2D eigenvalue weighted by molar-refractivity contribution is 0.183. The summed E-state index contributed by atoms with van der Waals surface area (Å²) in [6.45, 7) is 11.6. The molecule has 0 bridgehead atoms. The Morgan fingerprint density at radius 2 is 1.60 bits per heavy atom. The Labute approximate surface area is 121 Å². The van der Waals surface area contributed by atoms with E-state index in [0.717, 1.165) is 45.1 Å². The van der Waals surface area contributed by atoms with Crippen LogP contribution >= 0.6 is 0 Å². The SMILES string of the molecule is c1ccc(N2CCN(CCN3CCNCC3)CC2)nc1. The zero-order valence-electron chi connectivity index (χ0n) is 12.2. The van der Waals surface area contributed by atoms with Crippen LogP contribution in [0, 0.1) is 0 Å². The number of hydrogen-bond donors (Lipinski definition) is 1. The Morgan fingerprint density at radius 3 is 2.25 bits per heavy atom. The second-order valence-electron chi connectivity index (χ2n) is 5.61. The molecule has 5 heteroatoms. The molecule has 3 rings (SSSR count). The van der Waals surface area contributed by atoms with Gasteiger partial charge in [-0.3, -0.25) is 9.80 Å². The minimum Gasteiger partial charge on any atom is -0.354 e. The first kappa shape index (κ1) is 13.8. The van der Waals surface area contributed by atoms with Gasteiger partial charge in [-0.1, -0.05) is 6.07 Å². The molecule has 3 heterocycles. The molecule has 0 atom stereocenters. The number of anilines is 1. The van der Waals surface area contributed by atoms with E-state index in [0.29, 0.717) is 0 Å². The van der Waals surface area contributed by atoms with E-state index >= 15 is 0 Å². The second-order valence-corrected chi connectivity index (χ2v) is 5.61. The maximum Gasteiger partial charge on any atom is 0.128 e. The quantitative estimate of drug-likeness (QED) is 0.844. The Kier molecular flexibility index (Phi) is 4.84. The fourth-order valence-electron chi connectivity index (χ4n) is 2.96. The van der Waals surface area contributed by atoms with Crippen molar-refractivity contribution in [2.75, 3.05) is 70.3 Å². The van der Waals surface area contributed by atoms with E-state index in [4.69, 9.17) is 0 Å². The molecule has 1 aromatic heterocycles. The van der Waals surface area contributed by atoms with Crippen molar-refractivity contribution >= 4 is 5.82 Å². The van der Waals surface area contributed by atoms with Gasteiger partial charge in [-0.2, -0.15) is 0 Å². The molecule has 110 valence electrons. The Balaban J connectivity index is 1.40. The van der Waals surface area contributed by atoms with Crippen molar-refractivity contribution < 1.29 is 0 Å². The summed E-state index contributed by atoms with van der Waals surface area (Å²) < 4.78 is 0. The minimum atomic E-state index is 1.10. The third-order valence-corrected chi connectivity index (χ3v) is 4.29. The van der Waals surface area contributed by atoms with Crippen LogP contribution in [0.3, 0.4) is 0 Å². The van der Waals surface area contributed by atoms with Crippen molar-refractivity contribution in [3.05, 3.63) is 24.4 Å². The van der Waals surface area contributed by atoms with Crippen LogP contribution in [-0.4, -0.2) is 80.2 Å². The number of nitrogens with zero attached hydrogens (tertiary/aromatic N) is 4. The lowest BCUT2D eigenvalue weighted by Gasteiger charge is -2.37. The normalized spacial score (nSPS) is 22.1. The fourth-order valence-corrected chi connectivity index (χ4v) is 2.96. The lowest BCUT2D eigenvalue weighted by atomic mass is 10.3. The fraction of sp³-hybridized carbons (Fsp3) is 0.667. The van der Waals surface area contributed by atoms with Gasteiger partial charge in [0, 0.05) is 71.6 Å². The first-order valence-corrected chi connectivity index (χ1v) is 7.73. The molecule has 0 aromatic carbocycles. The highest BCUT2D eigenvalue weighted by Crippen LogP contribution is 2.12. The molecule has 5 nitrogen and oxygen atoms in total. The smallest absolute Gasteiger partial charge is 0.128 e. The van der Waals surface area contributed by atoms with Crippen molar-refractivity contribution in [3.8, 4) is 0 Å². The zero-order chi connectivity index (χ0) is 13.6. The molecule has 2 aliphatic rings. The maximum atomic E-state index is 4.44. The highest BCUT2D eigenvalue weighted by atomic mass is 15.3. The standard InChI is InChI=1S/C15H25N5/c1-2-4-17-15(3-1)20-13-11-19(12-14-20)10-9-18-7-5-16-6-8-18/h1-4,16H,5-14H2. The van der Waals surface area contributed by atoms with Crippen LogP contribution in [-0.2, 0) is 0 Å². The summed E-state index contributed by atoms with van der Waals surface area (Å²) >= 11 is 0. The van der Waals surface area contributed by atoms with E-state index in [2.05, 4.69) is 37.1 Å². The van der Waals surface area contributed by atoms with Crippen LogP contribution in [0.25, 0.3) is 0 Å². The monoisotopic (exact) mass is 275 g/mol. The topological polar surface area (TPSA) is 34.6 Å². The molecule has 0 saturated carbocycles. The van der Waals surface area contributed by atoms with Crippen molar-refractivity contribution in [2.45, 2.75) is 0 Å². The van der Waals surface area contributed by atoms with Gasteiger partial charge in [0.1, 0.15) is 5.82 Å². The second kappa shape index (κ2) is 7.02. The third kappa shape index (κ3) is 3.69. The highest BCUT2D eigenvalue weighted by Gasteiger charge is 2.18. The predicted octanol–water partition coefficient (Wildman–Crippen LogP) is 0.109. The molecule has 2 aliphatic heterocycles. The van der Waals surface area contributed by atoms with Gasteiger partial charge < -0.3 is 10.2 Å². The minimum absolute atomic E-state index is 1.10. The van der Waals surface area contributed by atoms with Gasteiger partial charge in [-0.25, -0.2) is 4.98 Å². The van der Waals surface area contributed by atoms with E-state index in [1.807, 2.05) is 12.3 Å². The van der Waals surface area contributed by atoms with Crippen LogP contribution in [0.1, 0.15) is 0 Å². The number of pyridine rings is 1. The summed E-state index contributed by atoms with van der Waals surface area (Å²) in [6, 6.07) is 6.16. The van der Waals surface area contributed by atoms with Crippen LogP contribution in [0.5, 0.6) is 0 Å². The van der Waals surface area contributed by atoms with Gasteiger partial charge in [0.2, 0.25) is 0 Å². The first-order valence-electron chi connectivity index (χ1n) is 7.73.